The minimum atomic E-state index is -0.849. The number of rotatable bonds is 7. The first-order valence-electron chi connectivity index (χ1n) is 7.47. The predicted octanol–water partition coefficient (Wildman–Crippen LogP) is 3.44. The van der Waals surface area contributed by atoms with Gasteiger partial charge in [-0.1, -0.05) is 30.3 Å². The summed E-state index contributed by atoms with van der Waals surface area (Å²) in [6, 6.07) is 13.2. The maximum absolute atomic E-state index is 12.5. The van der Waals surface area contributed by atoms with E-state index < -0.39 is 6.09 Å². The Labute approximate surface area is 153 Å². The maximum Gasteiger partial charge on any atom is 0.404 e. The summed E-state index contributed by atoms with van der Waals surface area (Å²) in [5.41, 5.74) is 6.09. The highest BCUT2D eigenvalue weighted by molar-refractivity contribution is 9.11. The summed E-state index contributed by atoms with van der Waals surface area (Å²) in [5.74, 6) is -0.397. The lowest BCUT2D eigenvalue weighted by Crippen LogP contribution is -2.42. The summed E-state index contributed by atoms with van der Waals surface area (Å²) in [7, 11) is 0. The molecule has 5 nitrogen and oxygen atoms in total. The van der Waals surface area contributed by atoms with E-state index in [9.17, 15) is 9.59 Å². The molecule has 0 aliphatic heterocycles. The average molecular weight is 411 g/mol. The molecule has 0 spiro atoms. The van der Waals surface area contributed by atoms with Gasteiger partial charge in [-0.2, -0.15) is 0 Å². The second kappa shape index (κ2) is 8.84. The fraction of sp³-hybridized carbons (Fsp3) is 0.294. The molecule has 0 saturated heterocycles. The number of nitrogens with two attached hydrogens (primary N) is 1. The molecule has 2 rings (SSSR count). The molecular formula is C17H19BrN2O3S. The lowest BCUT2D eigenvalue weighted by molar-refractivity contribution is -0.123. The molecule has 2 aromatic rings. The first-order chi connectivity index (χ1) is 11.5. The Morgan fingerprint density at radius 3 is 2.54 bits per heavy atom. The molecule has 7 heteroatoms. The van der Waals surface area contributed by atoms with Crippen LogP contribution in [-0.4, -0.2) is 24.6 Å². The van der Waals surface area contributed by atoms with Gasteiger partial charge in [0.15, 0.2) is 0 Å². The van der Waals surface area contributed by atoms with Gasteiger partial charge in [-0.25, -0.2) is 4.79 Å². The van der Waals surface area contributed by atoms with Crippen molar-refractivity contribution in [1.29, 1.82) is 0 Å². The molecule has 1 aromatic heterocycles. The van der Waals surface area contributed by atoms with E-state index in [4.69, 9.17) is 10.5 Å². The number of amides is 2. The summed E-state index contributed by atoms with van der Waals surface area (Å²) in [6.07, 6.45) is -0.293. The lowest BCUT2D eigenvalue weighted by atomic mass is 10.0. The molecule has 0 fully saturated rings. The molecule has 128 valence electrons. The van der Waals surface area contributed by atoms with E-state index in [1.807, 2.05) is 49.4 Å². The Bertz CT molecular complexity index is 690. The van der Waals surface area contributed by atoms with Gasteiger partial charge in [0.25, 0.3) is 0 Å². The zero-order valence-electron chi connectivity index (χ0n) is 13.2. The number of thiophene rings is 1. The molecule has 0 aliphatic carbocycles. The fourth-order valence-corrected chi connectivity index (χ4v) is 3.72. The SMILES string of the molecule is CC(C(=O)NC(COC(N)=O)Cc1ccccc1)c1ccc(Br)s1. The van der Waals surface area contributed by atoms with Crippen LogP contribution < -0.4 is 11.1 Å². The van der Waals surface area contributed by atoms with E-state index in [0.717, 1.165) is 14.2 Å². The smallest absolute Gasteiger partial charge is 0.404 e. The van der Waals surface area contributed by atoms with Gasteiger partial charge < -0.3 is 15.8 Å². The van der Waals surface area contributed by atoms with Crippen LogP contribution in [0.1, 0.15) is 23.3 Å². The minimum absolute atomic E-state index is 0.0385. The number of carbonyl (C=O) groups excluding carboxylic acids is 2. The van der Waals surface area contributed by atoms with Crippen LogP contribution in [0.2, 0.25) is 0 Å². The van der Waals surface area contributed by atoms with Crippen LogP contribution in [-0.2, 0) is 16.0 Å². The highest BCUT2D eigenvalue weighted by Crippen LogP contribution is 2.28. The molecule has 0 bridgehead atoms. The summed E-state index contributed by atoms with van der Waals surface area (Å²) in [4.78, 5) is 24.4. The summed E-state index contributed by atoms with van der Waals surface area (Å²) < 4.78 is 5.87. The summed E-state index contributed by atoms with van der Waals surface area (Å²) in [5, 5.41) is 2.95. The maximum atomic E-state index is 12.5. The Morgan fingerprint density at radius 2 is 1.96 bits per heavy atom. The first kappa shape index (κ1) is 18.5. The summed E-state index contributed by atoms with van der Waals surface area (Å²) in [6.45, 7) is 1.89. The molecule has 1 heterocycles. The van der Waals surface area contributed by atoms with Crippen molar-refractivity contribution in [2.45, 2.75) is 25.3 Å². The van der Waals surface area contributed by atoms with Crippen LogP contribution in [0, 0.1) is 0 Å². The van der Waals surface area contributed by atoms with Gasteiger partial charge in [0.2, 0.25) is 5.91 Å². The van der Waals surface area contributed by atoms with Gasteiger partial charge >= 0.3 is 6.09 Å². The average Bonchev–Trinajstić information content (AvgIpc) is 2.99. The van der Waals surface area contributed by atoms with Gasteiger partial charge in [-0.05, 0) is 47.0 Å². The number of ether oxygens (including phenoxy) is 1. The third kappa shape index (κ3) is 5.65. The second-order valence-electron chi connectivity index (χ2n) is 5.39. The summed E-state index contributed by atoms with van der Waals surface area (Å²) >= 11 is 4.92. The quantitative estimate of drug-likeness (QED) is 0.733. The zero-order valence-corrected chi connectivity index (χ0v) is 15.6. The number of hydrogen-bond donors (Lipinski definition) is 2. The van der Waals surface area contributed by atoms with Crippen molar-refractivity contribution in [3.05, 3.63) is 56.7 Å². The monoisotopic (exact) mass is 410 g/mol. The van der Waals surface area contributed by atoms with E-state index >= 15 is 0 Å². The Morgan fingerprint density at radius 1 is 1.25 bits per heavy atom. The van der Waals surface area contributed by atoms with Crippen LogP contribution >= 0.6 is 27.3 Å². The molecule has 2 atom stereocenters. The molecule has 3 N–H and O–H groups in total. The van der Waals surface area contributed by atoms with Crippen LogP contribution in [0.15, 0.2) is 46.3 Å². The van der Waals surface area contributed by atoms with Crippen molar-refractivity contribution in [3.63, 3.8) is 0 Å². The minimum Gasteiger partial charge on any atom is -0.448 e. The molecule has 0 radical (unpaired) electrons. The van der Waals surface area contributed by atoms with Gasteiger partial charge in [-0.3, -0.25) is 4.79 Å². The topological polar surface area (TPSA) is 81.4 Å². The number of primary amides is 1. The van der Waals surface area contributed by atoms with Crippen LogP contribution in [0.5, 0.6) is 0 Å². The number of halogens is 1. The molecule has 0 aliphatic rings. The predicted molar refractivity (Wildman–Crippen MR) is 98.0 cm³/mol. The van der Waals surface area contributed by atoms with E-state index in [1.165, 1.54) is 11.3 Å². The third-order valence-corrected chi connectivity index (χ3v) is 5.32. The molecule has 24 heavy (non-hydrogen) atoms. The van der Waals surface area contributed by atoms with Crippen LogP contribution in [0.3, 0.4) is 0 Å². The highest BCUT2D eigenvalue weighted by Gasteiger charge is 2.21. The number of hydrogen-bond acceptors (Lipinski definition) is 4. The van der Waals surface area contributed by atoms with Gasteiger partial charge in [0.1, 0.15) is 6.61 Å². The standard InChI is InChI=1S/C17H19BrN2O3S/c1-11(14-7-8-15(18)24-14)16(21)20-13(10-23-17(19)22)9-12-5-3-2-4-6-12/h2-8,11,13H,9-10H2,1H3,(H2,19,22)(H,20,21). The zero-order chi connectivity index (χ0) is 17.5. The van der Waals surface area contributed by atoms with Crippen molar-refractivity contribution in [2.75, 3.05) is 6.61 Å². The number of carbonyl (C=O) groups is 2. The van der Waals surface area contributed by atoms with E-state index in [1.54, 1.807) is 0 Å². The van der Waals surface area contributed by atoms with Gasteiger partial charge in [-0.15, -0.1) is 11.3 Å². The normalized spacial score (nSPS) is 13.1. The number of nitrogens with one attached hydrogen (secondary N) is 1. The Balaban J connectivity index is 2.02. The third-order valence-electron chi connectivity index (χ3n) is 3.51. The number of benzene rings is 1. The van der Waals surface area contributed by atoms with E-state index in [-0.39, 0.29) is 24.5 Å². The van der Waals surface area contributed by atoms with Crippen molar-refractivity contribution < 1.29 is 14.3 Å². The molecule has 0 saturated carbocycles. The van der Waals surface area contributed by atoms with E-state index in [2.05, 4.69) is 21.2 Å². The van der Waals surface area contributed by atoms with E-state index in [0.29, 0.717) is 6.42 Å². The Hall–Kier alpha value is -1.86. The van der Waals surface area contributed by atoms with Gasteiger partial charge in [0.05, 0.1) is 15.7 Å². The fourth-order valence-electron chi connectivity index (χ4n) is 2.25. The molecule has 2 unspecified atom stereocenters. The Kier molecular flexibility index (Phi) is 6.81. The van der Waals surface area contributed by atoms with Crippen molar-refractivity contribution in [2.24, 2.45) is 5.73 Å². The largest absolute Gasteiger partial charge is 0.448 e. The van der Waals surface area contributed by atoms with Crippen molar-refractivity contribution in [1.82, 2.24) is 5.32 Å². The first-order valence-corrected chi connectivity index (χ1v) is 9.08. The van der Waals surface area contributed by atoms with Crippen molar-refractivity contribution >= 4 is 39.3 Å². The molecule has 2 amide bonds. The van der Waals surface area contributed by atoms with Crippen LogP contribution in [0.25, 0.3) is 0 Å². The second-order valence-corrected chi connectivity index (χ2v) is 7.88. The molecule has 1 aromatic carbocycles. The van der Waals surface area contributed by atoms with Gasteiger partial charge in [0, 0.05) is 4.88 Å². The van der Waals surface area contributed by atoms with Crippen molar-refractivity contribution in [3.8, 4) is 0 Å². The highest BCUT2D eigenvalue weighted by atomic mass is 79.9. The molecular weight excluding hydrogens is 392 g/mol. The van der Waals surface area contributed by atoms with Crippen LogP contribution in [0.4, 0.5) is 4.79 Å². The lowest BCUT2D eigenvalue weighted by Gasteiger charge is -2.20.